The van der Waals surface area contributed by atoms with E-state index in [2.05, 4.69) is 0 Å². The molecule has 2 aromatic carbocycles. The normalized spacial score (nSPS) is 20.8. The van der Waals surface area contributed by atoms with Gasteiger partial charge in [-0.25, -0.2) is 0 Å². The van der Waals surface area contributed by atoms with Crippen molar-refractivity contribution in [1.82, 2.24) is 0 Å². The van der Waals surface area contributed by atoms with Crippen LogP contribution >= 0.6 is 0 Å². The van der Waals surface area contributed by atoms with Gasteiger partial charge in [0.2, 0.25) is 0 Å². The molecular formula is C17H16O3. The minimum absolute atomic E-state index is 0.217. The summed E-state index contributed by atoms with van der Waals surface area (Å²) in [5, 5.41) is 9.70. The topological polar surface area (TPSA) is 46.5 Å². The highest BCUT2D eigenvalue weighted by molar-refractivity contribution is 5.76. The van der Waals surface area contributed by atoms with Crippen LogP contribution in [0, 0.1) is 5.41 Å². The number of hydrogen-bond acceptors (Lipinski definition) is 2. The molecule has 0 fully saturated rings. The molecule has 0 saturated heterocycles. The average Bonchev–Trinajstić information content (AvgIpc) is 2.48. The monoisotopic (exact) mass is 268 g/mol. The zero-order valence-electron chi connectivity index (χ0n) is 11.1. The van der Waals surface area contributed by atoms with Crippen molar-refractivity contribution in [3.8, 4) is 5.75 Å². The molecule has 20 heavy (non-hydrogen) atoms. The quantitative estimate of drug-likeness (QED) is 0.931. The zero-order valence-corrected chi connectivity index (χ0v) is 11.1. The molecule has 2 aromatic rings. The van der Waals surface area contributed by atoms with Crippen LogP contribution in [0.5, 0.6) is 5.75 Å². The van der Waals surface area contributed by atoms with Gasteiger partial charge in [-0.05, 0) is 30.0 Å². The van der Waals surface area contributed by atoms with Crippen molar-refractivity contribution in [3.63, 3.8) is 0 Å². The van der Waals surface area contributed by atoms with Gasteiger partial charge in [0, 0.05) is 0 Å². The standard InChI is InChI=1S/C17H16O3/c18-16(19)17(10-13-6-2-1-3-7-13)11-14-8-4-5-9-15(14)20-12-17/h1-9H,10-12H2,(H,18,19). The lowest BCUT2D eigenvalue weighted by atomic mass is 9.75. The van der Waals surface area contributed by atoms with Gasteiger partial charge < -0.3 is 9.84 Å². The van der Waals surface area contributed by atoms with Crippen molar-refractivity contribution in [3.05, 3.63) is 65.7 Å². The Bertz CT molecular complexity index is 621. The highest BCUT2D eigenvalue weighted by Crippen LogP contribution is 2.37. The summed E-state index contributed by atoms with van der Waals surface area (Å²) in [7, 11) is 0. The van der Waals surface area contributed by atoms with Crippen molar-refractivity contribution in [2.45, 2.75) is 12.8 Å². The van der Waals surface area contributed by atoms with Crippen LogP contribution in [-0.2, 0) is 17.6 Å². The Morgan fingerprint density at radius 2 is 1.80 bits per heavy atom. The molecular weight excluding hydrogens is 252 g/mol. The molecule has 1 aliphatic heterocycles. The Kier molecular flexibility index (Phi) is 3.18. The number of para-hydroxylation sites is 1. The minimum Gasteiger partial charge on any atom is -0.492 e. The van der Waals surface area contributed by atoms with Crippen LogP contribution in [0.1, 0.15) is 11.1 Å². The van der Waals surface area contributed by atoms with Gasteiger partial charge in [-0.2, -0.15) is 0 Å². The number of hydrogen-bond donors (Lipinski definition) is 1. The molecule has 3 heteroatoms. The Balaban J connectivity index is 1.93. The Morgan fingerprint density at radius 3 is 2.55 bits per heavy atom. The van der Waals surface area contributed by atoms with Crippen molar-refractivity contribution in [2.24, 2.45) is 5.41 Å². The molecule has 1 N–H and O–H groups in total. The maximum atomic E-state index is 11.8. The second-order valence-electron chi connectivity index (χ2n) is 5.32. The van der Waals surface area contributed by atoms with Gasteiger partial charge in [-0.15, -0.1) is 0 Å². The predicted octanol–water partition coefficient (Wildman–Crippen LogP) is 2.94. The molecule has 0 aromatic heterocycles. The molecule has 3 rings (SSSR count). The van der Waals surface area contributed by atoms with Crippen molar-refractivity contribution < 1.29 is 14.6 Å². The molecule has 0 bridgehead atoms. The number of fused-ring (bicyclic) bond motifs is 1. The summed E-state index contributed by atoms with van der Waals surface area (Å²) in [5.74, 6) is 0.00768. The summed E-state index contributed by atoms with van der Waals surface area (Å²) in [5.41, 5.74) is 1.12. The van der Waals surface area contributed by atoms with E-state index in [9.17, 15) is 9.90 Å². The minimum atomic E-state index is -0.879. The van der Waals surface area contributed by atoms with E-state index in [-0.39, 0.29) is 6.61 Å². The third kappa shape index (κ3) is 2.27. The van der Waals surface area contributed by atoms with E-state index >= 15 is 0 Å². The number of ether oxygens (including phenoxy) is 1. The van der Waals surface area contributed by atoms with Gasteiger partial charge in [0.1, 0.15) is 17.8 Å². The second-order valence-corrected chi connectivity index (χ2v) is 5.32. The molecule has 0 saturated carbocycles. The molecule has 1 unspecified atom stereocenters. The van der Waals surface area contributed by atoms with Crippen LogP contribution in [0.15, 0.2) is 54.6 Å². The molecule has 1 heterocycles. The first-order valence-corrected chi connectivity index (χ1v) is 6.68. The van der Waals surface area contributed by atoms with Crippen LogP contribution in [0.3, 0.4) is 0 Å². The third-order valence-corrected chi connectivity index (χ3v) is 3.84. The van der Waals surface area contributed by atoms with Crippen LogP contribution in [0.25, 0.3) is 0 Å². The number of rotatable bonds is 3. The van der Waals surface area contributed by atoms with E-state index in [4.69, 9.17) is 4.74 Å². The first kappa shape index (κ1) is 12.7. The van der Waals surface area contributed by atoms with Gasteiger partial charge in [0.15, 0.2) is 0 Å². The largest absolute Gasteiger partial charge is 0.492 e. The zero-order chi connectivity index (χ0) is 14.0. The molecule has 102 valence electrons. The molecule has 0 amide bonds. The molecule has 3 nitrogen and oxygen atoms in total. The highest BCUT2D eigenvalue weighted by Gasteiger charge is 2.43. The third-order valence-electron chi connectivity index (χ3n) is 3.84. The van der Waals surface area contributed by atoms with E-state index in [0.29, 0.717) is 12.8 Å². The van der Waals surface area contributed by atoms with E-state index in [1.165, 1.54) is 0 Å². The van der Waals surface area contributed by atoms with E-state index in [0.717, 1.165) is 16.9 Å². The van der Waals surface area contributed by atoms with Gasteiger partial charge in [-0.3, -0.25) is 4.79 Å². The first-order valence-electron chi connectivity index (χ1n) is 6.68. The van der Waals surface area contributed by atoms with Crippen LogP contribution < -0.4 is 4.74 Å². The van der Waals surface area contributed by atoms with Crippen molar-refractivity contribution >= 4 is 5.97 Å². The number of carboxylic acids is 1. The lowest BCUT2D eigenvalue weighted by molar-refractivity contribution is -0.151. The van der Waals surface area contributed by atoms with E-state index in [1.54, 1.807) is 0 Å². The Labute approximate surface area is 117 Å². The van der Waals surface area contributed by atoms with Crippen LogP contribution in [-0.4, -0.2) is 17.7 Å². The SMILES string of the molecule is O=C(O)C1(Cc2ccccc2)COc2ccccc2C1. The lowest BCUT2D eigenvalue weighted by Crippen LogP contribution is -2.43. The van der Waals surface area contributed by atoms with Crippen molar-refractivity contribution in [2.75, 3.05) is 6.61 Å². The van der Waals surface area contributed by atoms with Crippen molar-refractivity contribution in [1.29, 1.82) is 0 Å². The first-order chi connectivity index (χ1) is 9.70. The summed E-state index contributed by atoms with van der Waals surface area (Å²) in [6.45, 7) is 0.217. The molecule has 1 atom stereocenters. The lowest BCUT2D eigenvalue weighted by Gasteiger charge is -2.34. The van der Waals surface area contributed by atoms with Crippen LogP contribution in [0.2, 0.25) is 0 Å². The fraction of sp³-hybridized carbons (Fsp3) is 0.235. The summed E-state index contributed by atoms with van der Waals surface area (Å²) in [6.07, 6.45) is 0.991. The molecule has 0 spiro atoms. The summed E-state index contributed by atoms with van der Waals surface area (Å²) >= 11 is 0. The summed E-state index contributed by atoms with van der Waals surface area (Å²) in [4.78, 5) is 11.8. The fourth-order valence-corrected chi connectivity index (χ4v) is 2.74. The van der Waals surface area contributed by atoms with Gasteiger partial charge in [0.05, 0.1) is 0 Å². The second kappa shape index (κ2) is 5.00. The summed E-state index contributed by atoms with van der Waals surface area (Å²) in [6, 6.07) is 17.4. The maximum absolute atomic E-state index is 11.8. The molecule has 0 aliphatic carbocycles. The smallest absolute Gasteiger partial charge is 0.313 e. The fourth-order valence-electron chi connectivity index (χ4n) is 2.74. The molecule has 1 aliphatic rings. The van der Waals surface area contributed by atoms with Crippen LogP contribution in [0.4, 0.5) is 0 Å². The maximum Gasteiger partial charge on any atom is 0.313 e. The number of aliphatic carboxylic acids is 1. The number of carboxylic acid groups (broad SMARTS) is 1. The average molecular weight is 268 g/mol. The van der Waals surface area contributed by atoms with Gasteiger partial charge in [0.25, 0.3) is 0 Å². The number of carbonyl (C=O) groups is 1. The number of benzene rings is 2. The Morgan fingerprint density at radius 1 is 1.10 bits per heavy atom. The van der Waals surface area contributed by atoms with Gasteiger partial charge >= 0.3 is 5.97 Å². The summed E-state index contributed by atoms with van der Waals surface area (Å²) < 4.78 is 5.69. The molecule has 0 radical (unpaired) electrons. The predicted molar refractivity (Wildman–Crippen MR) is 75.9 cm³/mol. The highest BCUT2D eigenvalue weighted by atomic mass is 16.5. The van der Waals surface area contributed by atoms with E-state index in [1.807, 2.05) is 54.6 Å². The van der Waals surface area contributed by atoms with Gasteiger partial charge in [-0.1, -0.05) is 48.5 Å². The van der Waals surface area contributed by atoms with E-state index < -0.39 is 11.4 Å². The Hall–Kier alpha value is -2.29.